The van der Waals surface area contributed by atoms with Crippen molar-refractivity contribution in [1.29, 1.82) is 0 Å². The molecule has 0 bridgehead atoms. The summed E-state index contributed by atoms with van der Waals surface area (Å²) in [6.45, 7) is 4.23. The Balaban J connectivity index is 1.93. The zero-order valence-electron chi connectivity index (χ0n) is 9.55. The van der Waals surface area contributed by atoms with Crippen LogP contribution in [-0.4, -0.2) is 38.2 Å². The smallest absolute Gasteiger partial charge is 0.0897 e. The summed E-state index contributed by atoms with van der Waals surface area (Å²) in [5.41, 5.74) is 1.04. The molecule has 0 spiro atoms. The lowest BCUT2D eigenvalue weighted by Gasteiger charge is -2.31. The van der Waals surface area contributed by atoms with Crippen molar-refractivity contribution in [2.75, 3.05) is 11.5 Å². The number of hydrogen-bond acceptors (Lipinski definition) is 5. The third-order valence-electron chi connectivity index (χ3n) is 2.70. The topological polar surface area (TPSA) is 33.1 Å². The minimum atomic E-state index is -0.255. The van der Waals surface area contributed by atoms with Gasteiger partial charge in [0.2, 0.25) is 0 Å². The van der Waals surface area contributed by atoms with E-state index in [0.29, 0.717) is 16.9 Å². The molecule has 1 aromatic heterocycles. The first-order valence-corrected chi connectivity index (χ1v) is 8.47. The molecule has 3 unspecified atom stereocenters. The zero-order chi connectivity index (χ0) is 11.5. The highest BCUT2D eigenvalue weighted by molar-refractivity contribution is 8.07. The van der Waals surface area contributed by atoms with Crippen LogP contribution in [0.1, 0.15) is 17.6 Å². The third kappa shape index (κ3) is 3.15. The largest absolute Gasteiger partial charge is 0.392 e. The number of aliphatic hydroxyl groups is 1. The lowest BCUT2D eigenvalue weighted by atomic mass is 10.1. The van der Waals surface area contributed by atoms with E-state index in [-0.39, 0.29) is 6.10 Å². The van der Waals surface area contributed by atoms with Gasteiger partial charge in [0.1, 0.15) is 0 Å². The van der Waals surface area contributed by atoms with E-state index in [2.05, 4.69) is 17.3 Å². The van der Waals surface area contributed by atoms with Gasteiger partial charge < -0.3 is 5.11 Å². The molecule has 1 N–H and O–H groups in total. The van der Waals surface area contributed by atoms with Crippen molar-refractivity contribution in [2.24, 2.45) is 0 Å². The Morgan fingerprint density at radius 1 is 1.50 bits per heavy atom. The Bertz CT molecular complexity index is 342. The normalized spacial score (nSPS) is 27.9. The second-order valence-electron chi connectivity index (χ2n) is 4.04. The molecule has 2 heterocycles. The van der Waals surface area contributed by atoms with E-state index in [4.69, 9.17) is 0 Å². The first-order chi connectivity index (χ1) is 7.66. The van der Waals surface area contributed by atoms with E-state index in [9.17, 15) is 5.11 Å². The maximum atomic E-state index is 10.2. The van der Waals surface area contributed by atoms with Gasteiger partial charge in [0.25, 0.3) is 0 Å². The van der Waals surface area contributed by atoms with Crippen molar-refractivity contribution in [3.63, 3.8) is 0 Å². The van der Waals surface area contributed by atoms with Crippen LogP contribution >= 0.6 is 34.9 Å². The molecule has 2 nitrogen and oxygen atoms in total. The Hall–Kier alpha value is 0.290. The molecule has 16 heavy (non-hydrogen) atoms. The van der Waals surface area contributed by atoms with Crippen LogP contribution in [0.5, 0.6) is 0 Å². The zero-order valence-corrected chi connectivity index (χ0v) is 12.0. The SMILES string of the molecule is Cc1nc(CC(O)C2SCCSC2C)cs1. The standard InChI is InChI=1S/C11H17NOS3/c1-7-11(15-4-3-14-7)10(13)5-9-6-16-8(2)12-9/h6-7,10-11,13H,3-5H2,1-2H3. The molecule has 0 aliphatic carbocycles. The molecular weight excluding hydrogens is 258 g/mol. The lowest BCUT2D eigenvalue weighted by molar-refractivity contribution is 0.170. The van der Waals surface area contributed by atoms with Crippen molar-refractivity contribution >= 4 is 34.9 Å². The number of nitrogens with zero attached hydrogens (tertiary/aromatic N) is 1. The van der Waals surface area contributed by atoms with Crippen LogP contribution in [0.15, 0.2) is 5.38 Å². The van der Waals surface area contributed by atoms with Gasteiger partial charge in [0.05, 0.1) is 16.8 Å². The van der Waals surface area contributed by atoms with E-state index in [1.165, 1.54) is 5.75 Å². The van der Waals surface area contributed by atoms with Crippen molar-refractivity contribution in [3.8, 4) is 0 Å². The van der Waals surface area contributed by atoms with Gasteiger partial charge in [-0.05, 0) is 6.92 Å². The van der Waals surface area contributed by atoms with Gasteiger partial charge in [0.15, 0.2) is 0 Å². The predicted molar refractivity (Wildman–Crippen MR) is 74.7 cm³/mol. The van der Waals surface area contributed by atoms with E-state index < -0.39 is 0 Å². The number of hydrogen-bond donors (Lipinski definition) is 1. The van der Waals surface area contributed by atoms with Gasteiger partial charge in [0, 0.05) is 33.8 Å². The summed E-state index contributed by atoms with van der Waals surface area (Å²) in [7, 11) is 0. The molecule has 0 radical (unpaired) electrons. The summed E-state index contributed by atoms with van der Waals surface area (Å²) in [4.78, 5) is 4.41. The molecule has 1 aromatic rings. The van der Waals surface area contributed by atoms with Crippen LogP contribution in [0.2, 0.25) is 0 Å². The minimum Gasteiger partial charge on any atom is -0.392 e. The van der Waals surface area contributed by atoms with Gasteiger partial charge in [-0.15, -0.1) is 11.3 Å². The van der Waals surface area contributed by atoms with E-state index in [1.807, 2.05) is 30.4 Å². The fourth-order valence-corrected chi connectivity index (χ4v) is 5.38. The molecule has 0 aromatic carbocycles. The Labute approximate surface area is 109 Å². The average molecular weight is 275 g/mol. The van der Waals surface area contributed by atoms with E-state index in [0.717, 1.165) is 16.5 Å². The Morgan fingerprint density at radius 2 is 2.25 bits per heavy atom. The number of aromatic nitrogens is 1. The van der Waals surface area contributed by atoms with Gasteiger partial charge in [-0.3, -0.25) is 0 Å². The molecule has 0 saturated carbocycles. The quantitative estimate of drug-likeness (QED) is 0.919. The lowest BCUT2D eigenvalue weighted by Crippen LogP contribution is -2.36. The highest BCUT2D eigenvalue weighted by Gasteiger charge is 2.29. The van der Waals surface area contributed by atoms with Gasteiger partial charge in [-0.1, -0.05) is 6.92 Å². The van der Waals surface area contributed by atoms with Gasteiger partial charge in [-0.25, -0.2) is 4.98 Å². The summed E-state index contributed by atoms with van der Waals surface area (Å²) in [6.07, 6.45) is 0.446. The molecule has 5 heteroatoms. The van der Waals surface area contributed by atoms with E-state index in [1.54, 1.807) is 11.3 Å². The average Bonchev–Trinajstić information content (AvgIpc) is 2.64. The van der Waals surface area contributed by atoms with Gasteiger partial charge in [-0.2, -0.15) is 23.5 Å². The minimum absolute atomic E-state index is 0.255. The molecular formula is C11H17NOS3. The second-order valence-corrected chi connectivity index (χ2v) is 7.87. The number of thioether (sulfide) groups is 2. The fraction of sp³-hybridized carbons (Fsp3) is 0.727. The Kier molecular flexibility index (Phi) is 4.58. The summed E-state index contributed by atoms with van der Waals surface area (Å²) in [5.74, 6) is 2.37. The van der Waals surface area contributed by atoms with Crippen LogP contribution in [0.3, 0.4) is 0 Å². The van der Waals surface area contributed by atoms with Gasteiger partial charge >= 0.3 is 0 Å². The highest BCUT2D eigenvalue weighted by atomic mass is 32.2. The summed E-state index contributed by atoms with van der Waals surface area (Å²) in [6, 6.07) is 0. The molecule has 1 saturated heterocycles. The first-order valence-electron chi connectivity index (χ1n) is 5.49. The maximum Gasteiger partial charge on any atom is 0.0897 e. The molecule has 2 rings (SSSR count). The van der Waals surface area contributed by atoms with Crippen molar-refractivity contribution in [1.82, 2.24) is 4.98 Å². The van der Waals surface area contributed by atoms with Crippen molar-refractivity contribution in [3.05, 3.63) is 16.1 Å². The third-order valence-corrected chi connectivity index (χ3v) is 6.76. The Morgan fingerprint density at radius 3 is 2.88 bits per heavy atom. The van der Waals surface area contributed by atoms with Crippen LogP contribution in [0, 0.1) is 6.92 Å². The first kappa shape index (κ1) is 12.7. The monoisotopic (exact) mass is 275 g/mol. The molecule has 3 atom stereocenters. The van der Waals surface area contributed by atoms with Crippen LogP contribution in [0.4, 0.5) is 0 Å². The maximum absolute atomic E-state index is 10.2. The molecule has 1 fully saturated rings. The van der Waals surface area contributed by atoms with Crippen molar-refractivity contribution in [2.45, 2.75) is 36.9 Å². The van der Waals surface area contributed by atoms with E-state index >= 15 is 0 Å². The molecule has 90 valence electrons. The summed E-state index contributed by atoms with van der Waals surface area (Å²) >= 11 is 5.54. The fourth-order valence-electron chi connectivity index (χ4n) is 1.90. The molecule has 1 aliphatic heterocycles. The summed E-state index contributed by atoms with van der Waals surface area (Å²) in [5, 5.41) is 14.3. The number of aliphatic hydroxyl groups excluding tert-OH is 1. The number of aryl methyl sites for hydroxylation is 1. The van der Waals surface area contributed by atoms with Crippen LogP contribution in [-0.2, 0) is 6.42 Å². The van der Waals surface area contributed by atoms with Crippen LogP contribution < -0.4 is 0 Å². The van der Waals surface area contributed by atoms with Crippen molar-refractivity contribution < 1.29 is 5.11 Å². The number of rotatable bonds is 3. The molecule has 1 aliphatic rings. The highest BCUT2D eigenvalue weighted by Crippen LogP contribution is 2.33. The van der Waals surface area contributed by atoms with Crippen LogP contribution in [0.25, 0.3) is 0 Å². The predicted octanol–water partition coefficient (Wildman–Crippen LogP) is 2.59. The molecule has 0 amide bonds. The number of thiazole rings is 1. The summed E-state index contributed by atoms with van der Waals surface area (Å²) < 4.78 is 0. The second kappa shape index (κ2) is 5.76.